The zero-order valence-corrected chi connectivity index (χ0v) is 11.7. The molecular formula is C13H9Cl2N5. The lowest BCUT2D eigenvalue weighted by Crippen LogP contribution is -1.89. The Balaban J connectivity index is 2.19. The first-order valence-electron chi connectivity index (χ1n) is 5.73. The number of H-pyrrole nitrogens is 1. The monoisotopic (exact) mass is 305 g/mol. The second-order valence-electron chi connectivity index (χ2n) is 4.12. The molecule has 2 aromatic heterocycles. The van der Waals surface area contributed by atoms with E-state index in [0.29, 0.717) is 15.9 Å². The van der Waals surface area contributed by atoms with Gasteiger partial charge in [0, 0.05) is 5.56 Å². The number of halogens is 2. The predicted octanol–water partition coefficient (Wildman–Crippen LogP) is 3.42. The molecule has 0 atom stereocenters. The van der Waals surface area contributed by atoms with Gasteiger partial charge in [-0.15, -0.1) is 0 Å². The maximum atomic E-state index is 6.06. The maximum Gasteiger partial charge on any atom is 0.153 e. The van der Waals surface area contributed by atoms with Crippen molar-refractivity contribution in [1.82, 2.24) is 20.4 Å². The molecule has 0 saturated carbocycles. The molecule has 0 aliphatic rings. The van der Waals surface area contributed by atoms with Crippen molar-refractivity contribution in [3.8, 4) is 22.4 Å². The van der Waals surface area contributed by atoms with Gasteiger partial charge in [0.1, 0.15) is 0 Å². The Morgan fingerprint density at radius 1 is 1.00 bits per heavy atom. The summed E-state index contributed by atoms with van der Waals surface area (Å²) in [6.45, 7) is 0. The van der Waals surface area contributed by atoms with E-state index >= 15 is 0 Å². The lowest BCUT2D eigenvalue weighted by Gasteiger charge is -2.05. The lowest BCUT2D eigenvalue weighted by molar-refractivity contribution is 1.03. The number of benzene rings is 1. The summed E-state index contributed by atoms with van der Waals surface area (Å²) in [5.74, 6) is 0.384. The molecule has 2 heterocycles. The minimum Gasteiger partial charge on any atom is -0.382 e. The van der Waals surface area contributed by atoms with E-state index < -0.39 is 0 Å². The van der Waals surface area contributed by atoms with Crippen LogP contribution in [0.15, 0.2) is 36.7 Å². The van der Waals surface area contributed by atoms with Crippen molar-refractivity contribution in [3.63, 3.8) is 0 Å². The van der Waals surface area contributed by atoms with Crippen LogP contribution in [0.25, 0.3) is 22.4 Å². The molecule has 100 valence electrons. The first-order valence-corrected chi connectivity index (χ1v) is 6.48. The SMILES string of the molecule is Nc1n[nH]c(-c2ccnnc2)c1-c1ccc(Cl)c(Cl)c1. The van der Waals surface area contributed by atoms with Crippen LogP contribution in [0.4, 0.5) is 5.82 Å². The molecule has 0 saturated heterocycles. The van der Waals surface area contributed by atoms with Crippen molar-refractivity contribution in [2.24, 2.45) is 0 Å². The number of nitrogens with one attached hydrogen (secondary N) is 1. The van der Waals surface area contributed by atoms with Gasteiger partial charge in [-0.3, -0.25) is 5.10 Å². The summed E-state index contributed by atoms with van der Waals surface area (Å²) in [6.07, 6.45) is 3.24. The number of nitrogens with two attached hydrogens (primary N) is 1. The molecule has 1 aromatic carbocycles. The predicted molar refractivity (Wildman–Crippen MR) is 79.5 cm³/mol. The van der Waals surface area contributed by atoms with Crippen LogP contribution in [0.1, 0.15) is 0 Å². The van der Waals surface area contributed by atoms with E-state index in [1.807, 2.05) is 12.1 Å². The van der Waals surface area contributed by atoms with Crippen molar-refractivity contribution in [3.05, 3.63) is 46.7 Å². The normalized spacial score (nSPS) is 10.7. The second kappa shape index (κ2) is 5.11. The Labute approximate surface area is 124 Å². The fourth-order valence-corrected chi connectivity index (χ4v) is 2.25. The minimum absolute atomic E-state index is 0.384. The van der Waals surface area contributed by atoms with Crippen molar-refractivity contribution >= 4 is 29.0 Å². The molecule has 20 heavy (non-hydrogen) atoms. The summed E-state index contributed by atoms with van der Waals surface area (Å²) in [7, 11) is 0. The average Bonchev–Trinajstić information content (AvgIpc) is 2.85. The van der Waals surface area contributed by atoms with Gasteiger partial charge >= 0.3 is 0 Å². The molecule has 3 N–H and O–H groups in total. The van der Waals surface area contributed by atoms with Crippen LogP contribution >= 0.6 is 23.2 Å². The molecule has 0 unspecified atom stereocenters. The third-order valence-corrected chi connectivity index (χ3v) is 3.61. The third-order valence-electron chi connectivity index (χ3n) is 2.88. The Hall–Kier alpha value is -2.11. The highest BCUT2D eigenvalue weighted by Crippen LogP contribution is 2.36. The first-order chi connectivity index (χ1) is 9.66. The van der Waals surface area contributed by atoms with Crippen molar-refractivity contribution in [2.75, 3.05) is 5.73 Å². The lowest BCUT2D eigenvalue weighted by atomic mass is 10.0. The molecule has 0 bridgehead atoms. The summed E-state index contributed by atoms with van der Waals surface area (Å²) in [4.78, 5) is 0. The van der Waals surface area contributed by atoms with Crippen LogP contribution < -0.4 is 5.73 Å². The molecule has 0 aliphatic heterocycles. The van der Waals surface area contributed by atoms with Gasteiger partial charge in [-0.2, -0.15) is 15.3 Å². The molecule has 0 amide bonds. The number of nitrogens with zero attached hydrogens (tertiary/aromatic N) is 3. The van der Waals surface area contributed by atoms with Gasteiger partial charge in [0.05, 0.1) is 33.7 Å². The number of nitrogen functional groups attached to an aromatic ring is 1. The molecule has 3 rings (SSSR count). The molecule has 0 radical (unpaired) electrons. The quantitative estimate of drug-likeness (QED) is 0.760. The highest BCUT2D eigenvalue weighted by atomic mass is 35.5. The minimum atomic E-state index is 0.384. The van der Waals surface area contributed by atoms with Gasteiger partial charge in [-0.1, -0.05) is 29.3 Å². The number of rotatable bonds is 2. The Morgan fingerprint density at radius 3 is 2.55 bits per heavy atom. The van der Waals surface area contributed by atoms with E-state index in [-0.39, 0.29) is 0 Å². The average molecular weight is 306 g/mol. The number of anilines is 1. The summed E-state index contributed by atoms with van der Waals surface area (Å²) < 4.78 is 0. The summed E-state index contributed by atoms with van der Waals surface area (Å²) in [5, 5.41) is 15.5. The van der Waals surface area contributed by atoms with Crippen molar-refractivity contribution in [1.29, 1.82) is 0 Å². The van der Waals surface area contributed by atoms with E-state index in [2.05, 4.69) is 20.4 Å². The van der Waals surface area contributed by atoms with Gasteiger partial charge in [-0.05, 0) is 23.8 Å². The van der Waals surface area contributed by atoms with E-state index in [9.17, 15) is 0 Å². The third kappa shape index (κ3) is 2.21. The van der Waals surface area contributed by atoms with Crippen molar-refractivity contribution in [2.45, 2.75) is 0 Å². The summed E-state index contributed by atoms with van der Waals surface area (Å²) in [6, 6.07) is 7.14. The van der Waals surface area contributed by atoms with Gasteiger partial charge in [0.2, 0.25) is 0 Å². The van der Waals surface area contributed by atoms with Gasteiger partial charge in [0.15, 0.2) is 5.82 Å². The van der Waals surface area contributed by atoms with Crippen LogP contribution in [-0.2, 0) is 0 Å². The van der Waals surface area contributed by atoms with E-state index in [1.165, 1.54) is 0 Å². The molecule has 0 aliphatic carbocycles. The highest BCUT2D eigenvalue weighted by molar-refractivity contribution is 6.42. The molecule has 5 nitrogen and oxygen atoms in total. The molecule has 0 fully saturated rings. The molecule has 3 aromatic rings. The Morgan fingerprint density at radius 2 is 1.85 bits per heavy atom. The fourth-order valence-electron chi connectivity index (χ4n) is 1.95. The highest BCUT2D eigenvalue weighted by Gasteiger charge is 2.15. The number of aromatic nitrogens is 4. The fraction of sp³-hybridized carbons (Fsp3) is 0. The molecule has 7 heteroatoms. The van der Waals surface area contributed by atoms with Crippen molar-refractivity contribution < 1.29 is 0 Å². The van der Waals surface area contributed by atoms with Crippen LogP contribution in [0.3, 0.4) is 0 Å². The smallest absolute Gasteiger partial charge is 0.153 e. The van der Waals surface area contributed by atoms with Gasteiger partial charge in [0.25, 0.3) is 0 Å². The second-order valence-corrected chi connectivity index (χ2v) is 4.93. The van der Waals surface area contributed by atoms with Crippen LogP contribution in [0.2, 0.25) is 10.0 Å². The van der Waals surface area contributed by atoms with E-state index in [4.69, 9.17) is 28.9 Å². The number of aromatic amines is 1. The van der Waals surface area contributed by atoms with Crippen LogP contribution in [0.5, 0.6) is 0 Å². The zero-order valence-electron chi connectivity index (χ0n) is 10.1. The summed E-state index contributed by atoms with van der Waals surface area (Å²) in [5.41, 5.74) is 9.13. The number of hydrogen-bond donors (Lipinski definition) is 2. The number of hydrogen-bond acceptors (Lipinski definition) is 4. The summed E-state index contributed by atoms with van der Waals surface area (Å²) >= 11 is 12.0. The Bertz CT molecular complexity index is 755. The van der Waals surface area contributed by atoms with Gasteiger partial charge in [-0.25, -0.2) is 0 Å². The molecule has 0 spiro atoms. The van der Waals surface area contributed by atoms with Crippen LogP contribution in [0, 0.1) is 0 Å². The van der Waals surface area contributed by atoms with E-state index in [0.717, 1.165) is 22.4 Å². The largest absolute Gasteiger partial charge is 0.382 e. The first kappa shape index (κ1) is 12.9. The standard InChI is InChI=1S/C13H9Cl2N5/c14-9-2-1-7(5-10(9)15)11-12(19-20-13(11)16)8-3-4-17-18-6-8/h1-6H,(H3,16,19,20). The Kier molecular flexibility index (Phi) is 3.30. The maximum absolute atomic E-state index is 6.06. The van der Waals surface area contributed by atoms with Gasteiger partial charge < -0.3 is 5.73 Å². The molecular weight excluding hydrogens is 297 g/mol. The topological polar surface area (TPSA) is 80.5 Å². The zero-order chi connectivity index (χ0) is 14.1. The van der Waals surface area contributed by atoms with Crippen LogP contribution in [-0.4, -0.2) is 20.4 Å². The van der Waals surface area contributed by atoms with E-state index in [1.54, 1.807) is 24.5 Å².